The molecule has 0 atom stereocenters. The molecule has 0 amide bonds. The van der Waals surface area contributed by atoms with Crippen LogP contribution in [0, 0.1) is 0 Å². The molecule has 0 fully saturated rings. The molecule has 0 aromatic rings. The van der Waals surface area contributed by atoms with Gasteiger partial charge in [0, 0.05) is 0 Å². The van der Waals surface area contributed by atoms with Crippen molar-refractivity contribution in [2.75, 3.05) is 6.61 Å². The first-order valence-electron chi connectivity index (χ1n) is 9.16. The van der Waals surface area contributed by atoms with Gasteiger partial charge in [0.05, 0.1) is 6.61 Å². The van der Waals surface area contributed by atoms with E-state index in [-0.39, 0.29) is 36.2 Å². The quantitative estimate of drug-likeness (QED) is 0.173. The Balaban J connectivity index is 0. The molecule has 0 radical (unpaired) electrons. The van der Waals surface area contributed by atoms with Crippen LogP contribution >= 0.6 is 0 Å². The molecule has 0 aliphatic rings. The Morgan fingerprint density at radius 2 is 0.957 bits per heavy atom. The minimum Gasteiger partial charge on any atom is -0.726 e. The van der Waals surface area contributed by atoms with Crippen LogP contribution in [0.25, 0.3) is 0 Å². The van der Waals surface area contributed by atoms with E-state index in [1.807, 2.05) is 0 Å². The van der Waals surface area contributed by atoms with E-state index < -0.39 is 10.4 Å². The largest absolute Gasteiger partial charge is 1.00 e. The van der Waals surface area contributed by atoms with E-state index in [0.29, 0.717) is 6.42 Å². The molecule has 0 aromatic heterocycles. The summed E-state index contributed by atoms with van der Waals surface area (Å²) in [6.45, 7) is 2.29. The summed E-state index contributed by atoms with van der Waals surface area (Å²) < 4.78 is 34.8. The van der Waals surface area contributed by atoms with Crippen LogP contribution in [-0.4, -0.2) is 19.6 Å². The molecule has 0 unspecified atom stereocenters. The zero-order valence-corrected chi connectivity index (χ0v) is 18.2. The summed E-state index contributed by atoms with van der Waals surface area (Å²) in [6.07, 6.45) is 18.9. The average Bonchev–Trinajstić information content (AvgIpc) is 2.45. The van der Waals surface area contributed by atoms with E-state index in [1.165, 1.54) is 77.0 Å². The van der Waals surface area contributed by atoms with Crippen molar-refractivity contribution in [3.05, 3.63) is 0 Å². The molecule has 0 aliphatic heterocycles. The third kappa shape index (κ3) is 25.2. The molecule has 6 heteroatoms. The van der Waals surface area contributed by atoms with Gasteiger partial charge in [-0.1, -0.05) is 96.8 Å². The van der Waals surface area contributed by atoms with Crippen LogP contribution in [-0.2, 0) is 14.6 Å². The molecule has 4 nitrogen and oxygen atoms in total. The zero-order valence-electron chi connectivity index (χ0n) is 15.4. The molecule has 0 rings (SSSR count). The molecular formula is C17H35NaO4S. The van der Waals surface area contributed by atoms with Gasteiger partial charge in [0.2, 0.25) is 10.4 Å². The topological polar surface area (TPSA) is 66.4 Å². The first kappa shape index (κ1) is 26.1. The summed E-state index contributed by atoms with van der Waals surface area (Å²) in [5, 5.41) is 0. The van der Waals surface area contributed by atoms with Crippen molar-refractivity contribution in [1.29, 1.82) is 0 Å². The summed E-state index contributed by atoms with van der Waals surface area (Å²) in [5.74, 6) is 0. The van der Waals surface area contributed by atoms with Gasteiger partial charge in [0.25, 0.3) is 0 Å². The first-order chi connectivity index (χ1) is 10.6. The predicted molar refractivity (Wildman–Crippen MR) is 90.6 cm³/mol. The average molecular weight is 359 g/mol. The van der Waals surface area contributed by atoms with Gasteiger partial charge < -0.3 is 4.55 Å². The normalized spacial score (nSPS) is 11.4. The van der Waals surface area contributed by atoms with Gasteiger partial charge in [0.1, 0.15) is 0 Å². The maximum absolute atomic E-state index is 10.2. The summed E-state index contributed by atoms with van der Waals surface area (Å²) in [7, 11) is -4.49. The molecule has 0 N–H and O–H groups in total. The Labute approximate surface area is 166 Å². The third-order valence-corrected chi connectivity index (χ3v) is 4.43. The smallest absolute Gasteiger partial charge is 0.726 e. The summed E-state index contributed by atoms with van der Waals surface area (Å²) >= 11 is 0. The Hall–Kier alpha value is 0.870. The second-order valence-electron chi connectivity index (χ2n) is 6.18. The van der Waals surface area contributed by atoms with Gasteiger partial charge in [-0.2, -0.15) is 0 Å². The summed E-state index contributed by atoms with van der Waals surface area (Å²) in [4.78, 5) is 0. The minimum absolute atomic E-state index is 0. The second-order valence-corrected chi connectivity index (χ2v) is 7.23. The molecule has 0 aliphatic carbocycles. The first-order valence-corrected chi connectivity index (χ1v) is 10.5. The van der Waals surface area contributed by atoms with Crippen LogP contribution < -0.4 is 29.6 Å². The van der Waals surface area contributed by atoms with Crippen molar-refractivity contribution in [1.82, 2.24) is 0 Å². The maximum atomic E-state index is 10.2. The van der Waals surface area contributed by atoms with E-state index in [0.717, 1.165) is 12.8 Å². The molecule has 0 bridgehead atoms. The van der Waals surface area contributed by atoms with Crippen molar-refractivity contribution in [2.24, 2.45) is 0 Å². The molecule has 0 saturated heterocycles. The summed E-state index contributed by atoms with van der Waals surface area (Å²) in [6, 6.07) is 0. The van der Waals surface area contributed by atoms with Crippen LogP contribution in [0.3, 0.4) is 0 Å². The van der Waals surface area contributed by atoms with Crippen molar-refractivity contribution < 1.29 is 46.7 Å². The fraction of sp³-hybridized carbons (Fsp3) is 1.00. The molecule has 23 heavy (non-hydrogen) atoms. The van der Waals surface area contributed by atoms with Gasteiger partial charge in [0.15, 0.2) is 0 Å². The van der Waals surface area contributed by atoms with Gasteiger partial charge in [-0.25, -0.2) is 8.42 Å². The minimum atomic E-state index is -4.49. The molecule has 0 heterocycles. The molecule has 0 saturated carbocycles. The van der Waals surface area contributed by atoms with Gasteiger partial charge in [-0.05, 0) is 6.42 Å². The standard InChI is InChI=1S/C17H36O4S.Na/c1-2-3-4-5-6-7-8-9-10-11-12-13-14-15-16-17-21-22(18,19)20;/h2-17H2,1H3,(H,18,19,20);/q;+1/p-1. The van der Waals surface area contributed by atoms with E-state index in [1.54, 1.807) is 0 Å². The van der Waals surface area contributed by atoms with E-state index in [2.05, 4.69) is 11.1 Å². The second kappa shape index (κ2) is 19.2. The molecular weight excluding hydrogens is 323 g/mol. The Morgan fingerprint density at radius 3 is 1.26 bits per heavy atom. The third-order valence-electron chi connectivity index (χ3n) is 3.98. The molecule has 0 spiro atoms. The van der Waals surface area contributed by atoms with E-state index >= 15 is 0 Å². The Kier molecular flexibility index (Phi) is 21.8. The number of hydrogen-bond donors (Lipinski definition) is 0. The van der Waals surface area contributed by atoms with Crippen molar-refractivity contribution in [3.8, 4) is 0 Å². The van der Waals surface area contributed by atoms with Crippen molar-refractivity contribution in [2.45, 2.75) is 103 Å². The van der Waals surface area contributed by atoms with Crippen LogP contribution in [0.2, 0.25) is 0 Å². The SMILES string of the molecule is CCCCCCCCCCCCCCCCCOS(=O)(=O)[O-].[Na+]. The fourth-order valence-corrected chi connectivity index (χ4v) is 2.96. The van der Waals surface area contributed by atoms with E-state index in [9.17, 15) is 13.0 Å². The van der Waals surface area contributed by atoms with Crippen LogP contribution in [0.4, 0.5) is 0 Å². The fourth-order valence-electron chi connectivity index (χ4n) is 2.63. The number of hydrogen-bond acceptors (Lipinski definition) is 4. The van der Waals surface area contributed by atoms with Crippen LogP contribution in [0.1, 0.15) is 103 Å². The predicted octanol–water partition coefficient (Wildman–Crippen LogP) is 2.34. The zero-order chi connectivity index (χ0) is 16.5. The van der Waals surface area contributed by atoms with Crippen molar-refractivity contribution >= 4 is 10.4 Å². The Bertz CT molecular complexity index is 321. The monoisotopic (exact) mass is 358 g/mol. The van der Waals surface area contributed by atoms with Crippen LogP contribution in [0.5, 0.6) is 0 Å². The van der Waals surface area contributed by atoms with E-state index in [4.69, 9.17) is 0 Å². The molecule has 134 valence electrons. The van der Waals surface area contributed by atoms with Gasteiger partial charge in [-0.15, -0.1) is 0 Å². The number of unbranched alkanes of at least 4 members (excludes halogenated alkanes) is 14. The van der Waals surface area contributed by atoms with Crippen molar-refractivity contribution in [3.63, 3.8) is 0 Å². The number of rotatable bonds is 17. The Morgan fingerprint density at radius 1 is 0.652 bits per heavy atom. The summed E-state index contributed by atoms with van der Waals surface area (Å²) in [5.41, 5.74) is 0. The van der Waals surface area contributed by atoms with Gasteiger partial charge >= 0.3 is 29.6 Å². The molecule has 0 aromatic carbocycles. The van der Waals surface area contributed by atoms with Gasteiger partial charge in [-0.3, -0.25) is 4.18 Å². The van der Waals surface area contributed by atoms with Crippen LogP contribution in [0.15, 0.2) is 0 Å². The maximum Gasteiger partial charge on any atom is 1.00 e.